The van der Waals surface area contributed by atoms with Gasteiger partial charge in [-0.3, -0.25) is 4.79 Å². The van der Waals surface area contributed by atoms with Gasteiger partial charge in [0.05, 0.1) is 18.8 Å². The highest BCUT2D eigenvalue weighted by Crippen LogP contribution is 2.17. The van der Waals surface area contributed by atoms with Crippen molar-refractivity contribution in [2.75, 3.05) is 6.61 Å². The topological polar surface area (TPSA) is 69.6 Å². The van der Waals surface area contributed by atoms with Gasteiger partial charge in [-0.15, -0.1) is 0 Å². The Balaban J connectivity index is 3.58. The monoisotopic (exact) mass is 1080 g/mol. The number of amides is 1. The van der Waals surface area contributed by atoms with E-state index in [4.69, 9.17) is 0 Å². The predicted octanol–water partition coefficient (Wildman–Crippen LogP) is 22.9. The van der Waals surface area contributed by atoms with Gasteiger partial charge in [-0.2, -0.15) is 0 Å². The second kappa shape index (κ2) is 67.8. The van der Waals surface area contributed by atoms with Gasteiger partial charge in [0.15, 0.2) is 0 Å². The molecule has 0 aromatic rings. The summed E-state index contributed by atoms with van der Waals surface area (Å²) in [5.41, 5.74) is 0. The smallest absolute Gasteiger partial charge is 0.220 e. The highest BCUT2D eigenvalue weighted by Gasteiger charge is 2.20. The molecule has 0 spiro atoms. The molecule has 3 N–H and O–H groups in total. The standard InChI is InChI=1S/C74H127NO3/c1-3-5-7-9-11-13-15-17-19-21-23-25-27-29-30-31-32-33-34-35-36-37-38-39-40-41-42-43-44-46-48-50-52-54-56-58-60-62-64-66-68-70-74(78)75-72(71-76)73(77)69-67-65-63-61-59-57-55-53-51-49-47-45-28-26-24-22-20-18-16-14-12-10-8-6-4-2/h5,7,11,13,17,19,23,25,29-30,32-33,35-36,38-39,41-42,44,46,50,52,72-73,76-77H,3-4,6,8-10,12,14-16,18,20-22,24,26-28,31,34,37,40,43,45,47-49,51,53-71H2,1-2H3,(H,75,78)/b7-5-,13-11-,19-17-,25-23-,30-29-,33-32-,36-35-,39-38-,42-41-,46-44-,52-50-. The molecule has 0 saturated heterocycles. The maximum Gasteiger partial charge on any atom is 0.220 e. The lowest BCUT2D eigenvalue weighted by atomic mass is 10.0. The third kappa shape index (κ3) is 63.4. The van der Waals surface area contributed by atoms with E-state index in [1.165, 1.54) is 173 Å². The van der Waals surface area contributed by atoms with Crippen molar-refractivity contribution >= 4 is 5.91 Å². The zero-order chi connectivity index (χ0) is 56.2. The summed E-state index contributed by atoms with van der Waals surface area (Å²) in [6.45, 7) is 4.26. The van der Waals surface area contributed by atoms with Gasteiger partial charge >= 0.3 is 0 Å². The fourth-order valence-electron chi connectivity index (χ4n) is 9.66. The van der Waals surface area contributed by atoms with Crippen LogP contribution in [0.15, 0.2) is 134 Å². The summed E-state index contributed by atoms with van der Waals surface area (Å²) < 4.78 is 0. The number of allylic oxidation sites excluding steroid dienone is 22. The van der Waals surface area contributed by atoms with Crippen molar-refractivity contribution in [3.05, 3.63) is 134 Å². The van der Waals surface area contributed by atoms with Crippen molar-refractivity contribution in [3.8, 4) is 0 Å². The number of carbonyl (C=O) groups is 1. The van der Waals surface area contributed by atoms with Gasteiger partial charge in [-0.05, 0) is 96.3 Å². The Hall–Kier alpha value is -3.47. The molecule has 0 radical (unpaired) electrons. The number of carbonyl (C=O) groups excluding carboxylic acids is 1. The van der Waals surface area contributed by atoms with Gasteiger partial charge in [-0.1, -0.05) is 340 Å². The van der Waals surface area contributed by atoms with Gasteiger partial charge in [0.1, 0.15) is 0 Å². The van der Waals surface area contributed by atoms with Crippen molar-refractivity contribution < 1.29 is 15.0 Å². The van der Waals surface area contributed by atoms with E-state index < -0.39 is 12.1 Å². The minimum atomic E-state index is -0.675. The highest BCUT2D eigenvalue weighted by molar-refractivity contribution is 5.76. The molecule has 0 bridgehead atoms. The van der Waals surface area contributed by atoms with Crippen molar-refractivity contribution in [3.63, 3.8) is 0 Å². The van der Waals surface area contributed by atoms with E-state index >= 15 is 0 Å². The molecule has 78 heavy (non-hydrogen) atoms. The third-order valence-corrected chi connectivity index (χ3v) is 14.7. The number of unbranched alkanes of at least 4 members (excludes halogenated alkanes) is 31. The largest absolute Gasteiger partial charge is 0.394 e. The number of hydrogen-bond acceptors (Lipinski definition) is 3. The van der Waals surface area contributed by atoms with Crippen LogP contribution in [0.3, 0.4) is 0 Å². The molecule has 0 aliphatic rings. The van der Waals surface area contributed by atoms with E-state index in [9.17, 15) is 15.0 Å². The molecule has 0 aliphatic heterocycles. The molecular formula is C74H127NO3. The van der Waals surface area contributed by atoms with Gasteiger partial charge in [-0.25, -0.2) is 0 Å². The second-order valence-corrected chi connectivity index (χ2v) is 22.2. The number of aliphatic hydroxyl groups excluding tert-OH is 2. The van der Waals surface area contributed by atoms with Crippen LogP contribution < -0.4 is 5.32 Å². The molecule has 0 aromatic heterocycles. The van der Waals surface area contributed by atoms with Gasteiger partial charge < -0.3 is 15.5 Å². The van der Waals surface area contributed by atoms with E-state index in [2.05, 4.69) is 153 Å². The minimum Gasteiger partial charge on any atom is -0.394 e. The summed E-state index contributed by atoms with van der Waals surface area (Å²) in [6.07, 6.45) is 105. The molecule has 0 fully saturated rings. The summed E-state index contributed by atoms with van der Waals surface area (Å²) in [4.78, 5) is 12.5. The maximum atomic E-state index is 12.5. The van der Waals surface area contributed by atoms with Crippen LogP contribution in [0.5, 0.6) is 0 Å². The van der Waals surface area contributed by atoms with Crippen LogP contribution in [-0.2, 0) is 4.79 Å². The zero-order valence-electron chi connectivity index (χ0n) is 51.4. The van der Waals surface area contributed by atoms with Crippen LogP contribution in [-0.4, -0.2) is 34.9 Å². The van der Waals surface area contributed by atoms with Crippen molar-refractivity contribution in [2.24, 2.45) is 0 Å². The lowest BCUT2D eigenvalue weighted by molar-refractivity contribution is -0.123. The van der Waals surface area contributed by atoms with Crippen LogP contribution in [0.4, 0.5) is 0 Å². The highest BCUT2D eigenvalue weighted by atomic mass is 16.3. The van der Waals surface area contributed by atoms with Gasteiger partial charge in [0, 0.05) is 6.42 Å². The molecule has 0 heterocycles. The number of nitrogens with one attached hydrogen (secondary N) is 1. The summed E-state index contributed by atoms with van der Waals surface area (Å²) in [6, 6.07) is -0.553. The van der Waals surface area contributed by atoms with E-state index in [1.54, 1.807) is 0 Å². The number of aliphatic hydroxyl groups is 2. The fourth-order valence-corrected chi connectivity index (χ4v) is 9.66. The van der Waals surface area contributed by atoms with E-state index in [0.717, 1.165) is 109 Å². The summed E-state index contributed by atoms with van der Waals surface area (Å²) in [5.74, 6) is -0.0442. The molecule has 4 heteroatoms. The number of hydrogen-bond donors (Lipinski definition) is 3. The molecule has 1 amide bonds. The predicted molar refractivity (Wildman–Crippen MR) is 349 cm³/mol. The Morgan fingerprint density at radius 2 is 0.564 bits per heavy atom. The average Bonchev–Trinajstić information content (AvgIpc) is 3.44. The van der Waals surface area contributed by atoms with Crippen molar-refractivity contribution in [1.82, 2.24) is 5.32 Å². The first kappa shape index (κ1) is 74.5. The van der Waals surface area contributed by atoms with Crippen LogP contribution in [0.2, 0.25) is 0 Å². The van der Waals surface area contributed by atoms with Crippen LogP contribution in [0.1, 0.15) is 309 Å². The quantitative estimate of drug-likeness (QED) is 0.0420. The lowest BCUT2D eigenvalue weighted by Crippen LogP contribution is -2.45. The Kier molecular flexibility index (Phi) is 64.8. The minimum absolute atomic E-state index is 0.0442. The van der Waals surface area contributed by atoms with E-state index in [0.29, 0.717) is 12.8 Å². The SMILES string of the molecule is CC/C=C\C/C=C\C/C=C\C/C=C\C/C=C\C/C=C\C/C=C\C/C=C\C/C=C\C/C=C\C/C=C\CCCCCCCCCC(=O)NC(CO)C(O)CCCCCCCCCCCCCCCCCCCCCCCCCCC. The summed E-state index contributed by atoms with van der Waals surface area (Å²) >= 11 is 0. The van der Waals surface area contributed by atoms with Crippen molar-refractivity contribution in [1.29, 1.82) is 0 Å². The first-order valence-corrected chi connectivity index (χ1v) is 33.4. The first-order valence-electron chi connectivity index (χ1n) is 33.4. The lowest BCUT2D eigenvalue weighted by Gasteiger charge is -2.22. The fraction of sp³-hybridized carbons (Fsp3) is 0.689. The molecule has 0 aliphatic carbocycles. The van der Waals surface area contributed by atoms with Crippen LogP contribution >= 0.6 is 0 Å². The molecule has 2 unspecified atom stereocenters. The normalized spacial score (nSPS) is 13.6. The maximum absolute atomic E-state index is 12.5. The second-order valence-electron chi connectivity index (χ2n) is 22.2. The molecular weight excluding hydrogens is 951 g/mol. The average molecular weight is 1080 g/mol. The third-order valence-electron chi connectivity index (χ3n) is 14.7. The molecule has 0 saturated carbocycles. The summed E-state index contributed by atoms with van der Waals surface area (Å²) in [5, 5.41) is 23.4. The Bertz CT molecular complexity index is 1550. The Labute approximate surface area is 485 Å². The number of rotatable bonds is 60. The van der Waals surface area contributed by atoms with E-state index in [-0.39, 0.29) is 12.5 Å². The molecule has 446 valence electrons. The van der Waals surface area contributed by atoms with Crippen LogP contribution in [0, 0.1) is 0 Å². The zero-order valence-corrected chi connectivity index (χ0v) is 51.4. The molecule has 0 aromatic carbocycles. The molecule has 2 atom stereocenters. The molecule has 0 rings (SSSR count). The van der Waals surface area contributed by atoms with Gasteiger partial charge in [0.2, 0.25) is 5.91 Å². The summed E-state index contributed by atoms with van der Waals surface area (Å²) in [7, 11) is 0. The van der Waals surface area contributed by atoms with Crippen LogP contribution in [0.25, 0.3) is 0 Å². The van der Waals surface area contributed by atoms with E-state index in [1.807, 2.05) is 0 Å². The van der Waals surface area contributed by atoms with Gasteiger partial charge in [0.25, 0.3) is 0 Å². The molecule has 4 nitrogen and oxygen atoms in total. The first-order chi connectivity index (χ1) is 38.7. The Morgan fingerprint density at radius 3 is 0.846 bits per heavy atom. The van der Waals surface area contributed by atoms with Crippen molar-refractivity contribution in [2.45, 2.75) is 321 Å². The Morgan fingerprint density at radius 1 is 0.321 bits per heavy atom.